The highest BCUT2D eigenvalue weighted by molar-refractivity contribution is 7.18. The predicted molar refractivity (Wildman–Crippen MR) is 124 cm³/mol. The summed E-state index contributed by atoms with van der Waals surface area (Å²) in [5, 5.41) is 1.84. The van der Waals surface area contributed by atoms with Crippen LogP contribution in [0.5, 0.6) is 0 Å². The molecule has 0 atom stereocenters. The molecule has 2 aromatic heterocycles. The summed E-state index contributed by atoms with van der Waals surface area (Å²) in [7, 11) is 0. The normalized spacial score (nSPS) is 11.5. The van der Waals surface area contributed by atoms with Crippen molar-refractivity contribution < 1.29 is 13.9 Å². The Labute approximate surface area is 184 Å². The molecular formula is C25H25NO4S. The number of nitrogens with zero attached hydrogens (tertiary/aromatic N) is 1. The van der Waals surface area contributed by atoms with E-state index in [1.54, 1.807) is 11.3 Å². The molecule has 4 aromatic rings. The van der Waals surface area contributed by atoms with Crippen molar-refractivity contribution in [1.29, 1.82) is 0 Å². The number of hydrogen-bond acceptors (Lipinski definition) is 6. The first-order valence-electron chi connectivity index (χ1n) is 10.5. The highest BCUT2D eigenvalue weighted by atomic mass is 32.1. The van der Waals surface area contributed by atoms with Gasteiger partial charge < -0.3 is 9.15 Å². The fourth-order valence-corrected chi connectivity index (χ4v) is 4.78. The number of aryl methyl sites for hydroxylation is 2. The van der Waals surface area contributed by atoms with Crippen molar-refractivity contribution in [2.75, 3.05) is 0 Å². The average Bonchev–Trinajstić information content (AvgIpc) is 3.14. The van der Waals surface area contributed by atoms with Crippen LogP contribution in [-0.2, 0) is 22.6 Å². The van der Waals surface area contributed by atoms with E-state index < -0.39 is 5.63 Å². The number of benzene rings is 2. The van der Waals surface area contributed by atoms with Gasteiger partial charge in [-0.2, -0.15) is 0 Å². The van der Waals surface area contributed by atoms with Crippen molar-refractivity contribution >= 4 is 38.5 Å². The number of fused-ring (bicyclic) bond motifs is 2. The topological polar surface area (TPSA) is 69.4 Å². The largest absolute Gasteiger partial charge is 0.461 e. The van der Waals surface area contributed by atoms with Gasteiger partial charge in [0.25, 0.3) is 0 Å². The molecule has 0 radical (unpaired) electrons. The Bertz CT molecular complexity index is 1270. The molecule has 0 aliphatic heterocycles. The minimum atomic E-state index is -0.439. The zero-order valence-electron chi connectivity index (χ0n) is 17.9. The van der Waals surface area contributed by atoms with Gasteiger partial charge in [-0.3, -0.25) is 4.79 Å². The highest BCUT2D eigenvalue weighted by Crippen LogP contribution is 2.27. The molecule has 0 amide bonds. The minimum Gasteiger partial charge on any atom is -0.461 e. The highest BCUT2D eigenvalue weighted by Gasteiger charge is 2.13. The van der Waals surface area contributed by atoms with E-state index in [9.17, 15) is 9.59 Å². The van der Waals surface area contributed by atoms with Crippen LogP contribution < -0.4 is 5.63 Å². The second-order valence-corrected chi connectivity index (χ2v) is 9.16. The predicted octanol–water partition coefficient (Wildman–Crippen LogP) is 5.90. The molecule has 0 N–H and O–H groups in total. The number of aromatic nitrogens is 1. The van der Waals surface area contributed by atoms with Crippen LogP contribution in [0.2, 0.25) is 0 Å². The lowest BCUT2D eigenvalue weighted by Gasteiger charge is -2.13. The molecule has 31 heavy (non-hydrogen) atoms. The van der Waals surface area contributed by atoms with E-state index >= 15 is 0 Å². The molecule has 0 aliphatic carbocycles. The van der Waals surface area contributed by atoms with Gasteiger partial charge in [0.1, 0.15) is 12.2 Å². The maximum absolute atomic E-state index is 12.3. The van der Waals surface area contributed by atoms with E-state index in [0.29, 0.717) is 29.9 Å². The van der Waals surface area contributed by atoms with Crippen LogP contribution in [0.1, 0.15) is 54.3 Å². The van der Waals surface area contributed by atoms with E-state index in [4.69, 9.17) is 9.15 Å². The fraction of sp³-hybridized carbons (Fsp3) is 0.320. The van der Waals surface area contributed by atoms with Crippen LogP contribution in [0.15, 0.2) is 51.7 Å². The number of rotatable bonds is 7. The van der Waals surface area contributed by atoms with E-state index in [0.717, 1.165) is 32.6 Å². The molecule has 5 nitrogen and oxygen atoms in total. The Balaban J connectivity index is 1.40. The first kappa shape index (κ1) is 21.2. The third kappa shape index (κ3) is 4.85. The van der Waals surface area contributed by atoms with Gasteiger partial charge in [-0.1, -0.05) is 26.0 Å². The quantitative estimate of drug-likeness (QED) is 0.267. The first-order valence-corrected chi connectivity index (χ1v) is 11.3. The van der Waals surface area contributed by atoms with Gasteiger partial charge in [0.05, 0.1) is 15.2 Å². The summed E-state index contributed by atoms with van der Waals surface area (Å²) in [5.74, 6) is 0.0629. The fourth-order valence-electron chi connectivity index (χ4n) is 3.77. The van der Waals surface area contributed by atoms with Gasteiger partial charge in [-0.05, 0) is 61.1 Å². The summed E-state index contributed by atoms with van der Waals surface area (Å²) < 4.78 is 12.0. The van der Waals surface area contributed by atoms with Crippen LogP contribution in [0.25, 0.3) is 21.2 Å². The van der Waals surface area contributed by atoms with Crippen molar-refractivity contribution in [1.82, 2.24) is 4.98 Å². The zero-order valence-corrected chi connectivity index (χ0v) is 18.8. The molecule has 0 bridgehead atoms. The van der Waals surface area contributed by atoms with Crippen LogP contribution in [0.3, 0.4) is 0 Å². The molecule has 4 rings (SSSR count). The van der Waals surface area contributed by atoms with Crippen molar-refractivity contribution in [2.45, 2.75) is 52.6 Å². The van der Waals surface area contributed by atoms with Crippen molar-refractivity contribution in [2.24, 2.45) is 0 Å². The standard InChI is InChI=1S/C25H25NO4S/c1-15(2)18-13-19-17(12-25(28)30-21(19)11-16(18)3)14-29-24(27)10-6-9-23-26-20-7-4-5-8-22(20)31-23/h4-5,7-8,11-13,15H,6,9-10,14H2,1-3H3. The number of ether oxygens (including phenoxy) is 1. The lowest BCUT2D eigenvalue weighted by atomic mass is 9.95. The van der Waals surface area contributed by atoms with Gasteiger partial charge >= 0.3 is 11.6 Å². The van der Waals surface area contributed by atoms with E-state index in [-0.39, 0.29) is 12.6 Å². The SMILES string of the molecule is Cc1cc2oc(=O)cc(COC(=O)CCCc3nc4ccccc4s3)c2cc1C(C)C. The minimum absolute atomic E-state index is 0.0582. The van der Waals surface area contributed by atoms with Gasteiger partial charge in [-0.15, -0.1) is 11.3 Å². The Kier molecular flexibility index (Phi) is 6.18. The number of thiazole rings is 1. The first-order chi connectivity index (χ1) is 14.9. The summed E-state index contributed by atoms with van der Waals surface area (Å²) in [6, 6.07) is 13.4. The lowest BCUT2D eigenvalue weighted by molar-refractivity contribution is -0.145. The van der Waals surface area contributed by atoms with E-state index in [2.05, 4.69) is 24.9 Å². The smallest absolute Gasteiger partial charge is 0.336 e. The molecule has 6 heteroatoms. The summed E-state index contributed by atoms with van der Waals surface area (Å²) >= 11 is 1.66. The van der Waals surface area contributed by atoms with Crippen molar-refractivity contribution in [3.05, 3.63) is 74.6 Å². The molecule has 0 fully saturated rings. The van der Waals surface area contributed by atoms with Crippen molar-refractivity contribution in [3.8, 4) is 0 Å². The molecule has 0 saturated carbocycles. The maximum atomic E-state index is 12.3. The average molecular weight is 436 g/mol. The summed E-state index contributed by atoms with van der Waals surface area (Å²) in [5.41, 5.74) is 4.02. The van der Waals surface area contributed by atoms with Crippen LogP contribution in [0.4, 0.5) is 0 Å². The van der Waals surface area contributed by atoms with Crippen LogP contribution in [0, 0.1) is 6.92 Å². The molecule has 160 valence electrons. The number of hydrogen-bond donors (Lipinski definition) is 0. The van der Waals surface area contributed by atoms with Gasteiger partial charge in [0, 0.05) is 23.4 Å². The lowest BCUT2D eigenvalue weighted by Crippen LogP contribution is -2.08. The van der Waals surface area contributed by atoms with E-state index in [1.807, 2.05) is 37.3 Å². The maximum Gasteiger partial charge on any atom is 0.336 e. The molecule has 0 spiro atoms. The molecule has 0 saturated heterocycles. The number of esters is 1. The summed E-state index contributed by atoms with van der Waals surface area (Å²) in [6.45, 7) is 6.31. The van der Waals surface area contributed by atoms with Crippen LogP contribution >= 0.6 is 11.3 Å². The second kappa shape index (κ2) is 9.02. The second-order valence-electron chi connectivity index (χ2n) is 8.04. The summed E-state index contributed by atoms with van der Waals surface area (Å²) in [4.78, 5) is 28.9. The van der Waals surface area contributed by atoms with Crippen LogP contribution in [-0.4, -0.2) is 11.0 Å². The Morgan fingerprint density at radius 3 is 2.77 bits per heavy atom. The molecule has 2 aromatic carbocycles. The Morgan fingerprint density at radius 1 is 1.19 bits per heavy atom. The van der Waals surface area contributed by atoms with Crippen molar-refractivity contribution in [3.63, 3.8) is 0 Å². The summed E-state index contributed by atoms with van der Waals surface area (Å²) in [6.07, 6.45) is 1.72. The number of carbonyl (C=O) groups is 1. The Morgan fingerprint density at radius 2 is 2.00 bits per heavy atom. The van der Waals surface area contributed by atoms with Gasteiger partial charge in [0.15, 0.2) is 0 Å². The molecule has 0 aliphatic rings. The molecule has 2 heterocycles. The number of carbonyl (C=O) groups excluding carboxylic acids is 1. The third-order valence-corrected chi connectivity index (χ3v) is 6.43. The Hall–Kier alpha value is -2.99. The third-order valence-electron chi connectivity index (χ3n) is 5.34. The van der Waals surface area contributed by atoms with Gasteiger partial charge in [0.2, 0.25) is 0 Å². The molecule has 0 unspecified atom stereocenters. The van der Waals surface area contributed by atoms with E-state index in [1.165, 1.54) is 11.6 Å². The monoisotopic (exact) mass is 435 g/mol. The van der Waals surface area contributed by atoms with Gasteiger partial charge in [-0.25, -0.2) is 9.78 Å². The zero-order chi connectivity index (χ0) is 22.0. The molecular weight excluding hydrogens is 410 g/mol. The number of para-hydroxylation sites is 1.